The van der Waals surface area contributed by atoms with Crippen LogP contribution >= 0.6 is 35.3 Å². The maximum absolute atomic E-state index is 13.9. The number of para-hydroxylation sites is 2. The van der Waals surface area contributed by atoms with Crippen LogP contribution in [0.4, 0.5) is 0 Å². The number of fused-ring (bicyclic) bond motifs is 1. The van der Waals surface area contributed by atoms with E-state index in [1.807, 2.05) is 51.9 Å². The summed E-state index contributed by atoms with van der Waals surface area (Å²) in [6, 6.07) is 17.5. The Kier molecular flexibility index (Phi) is 8.30. The molecule has 0 spiro atoms. The molecule has 0 aliphatic carbocycles. The van der Waals surface area contributed by atoms with Crippen LogP contribution in [-0.4, -0.2) is 50.9 Å². The summed E-state index contributed by atoms with van der Waals surface area (Å²) < 4.78 is 10.2. The number of nitrogens with zero attached hydrogens (tertiary/aromatic N) is 4. The normalized spacial score (nSPS) is 14.2. The summed E-state index contributed by atoms with van der Waals surface area (Å²) in [6.07, 6.45) is 2.81. The zero-order valence-electron chi connectivity index (χ0n) is 21.5. The Labute approximate surface area is 235 Å². The van der Waals surface area contributed by atoms with Crippen LogP contribution in [0, 0.1) is 9.87 Å². The third-order valence-electron chi connectivity index (χ3n) is 6.91. The van der Waals surface area contributed by atoms with Gasteiger partial charge in [-0.1, -0.05) is 72.5 Å². The van der Waals surface area contributed by atoms with E-state index in [-0.39, 0.29) is 17.2 Å². The van der Waals surface area contributed by atoms with Crippen LogP contribution < -0.4 is 10.3 Å². The first-order chi connectivity index (χ1) is 18.5. The second kappa shape index (κ2) is 11.8. The number of aromatic nitrogens is 3. The molecule has 10 heteroatoms. The maximum Gasteiger partial charge on any atom is 0.278 e. The minimum absolute atomic E-state index is 0.0639. The van der Waals surface area contributed by atoms with Crippen LogP contribution in [0.3, 0.4) is 0 Å². The molecule has 2 aromatic heterocycles. The fourth-order valence-corrected chi connectivity index (χ4v) is 6.87. The van der Waals surface area contributed by atoms with Crippen molar-refractivity contribution in [2.75, 3.05) is 26.0 Å². The van der Waals surface area contributed by atoms with E-state index in [0.717, 1.165) is 32.4 Å². The van der Waals surface area contributed by atoms with Crippen LogP contribution in [0.2, 0.25) is 0 Å². The molecule has 0 saturated carbocycles. The van der Waals surface area contributed by atoms with Crippen molar-refractivity contribution < 1.29 is 9.53 Å². The van der Waals surface area contributed by atoms with Gasteiger partial charge in [-0.05, 0) is 55.1 Å². The van der Waals surface area contributed by atoms with Gasteiger partial charge in [0.2, 0.25) is 5.91 Å². The van der Waals surface area contributed by atoms with E-state index >= 15 is 0 Å². The van der Waals surface area contributed by atoms with Crippen LogP contribution in [0.1, 0.15) is 25.3 Å². The minimum Gasteiger partial charge on any atom is -0.495 e. The number of thiazole rings is 1. The number of amides is 1. The maximum atomic E-state index is 13.9. The molecule has 0 bridgehead atoms. The molecule has 2 aromatic carbocycles. The molecule has 0 N–H and O–H groups in total. The van der Waals surface area contributed by atoms with E-state index in [0.29, 0.717) is 43.4 Å². The van der Waals surface area contributed by atoms with Gasteiger partial charge < -0.3 is 14.2 Å². The van der Waals surface area contributed by atoms with Crippen molar-refractivity contribution in [1.29, 1.82) is 0 Å². The number of ether oxygens (including phenoxy) is 1. The number of hydrogen-bond acceptors (Lipinski definition) is 7. The summed E-state index contributed by atoms with van der Waals surface area (Å²) in [5.41, 5.74) is 2.13. The van der Waals surface area contributed by atoms with Crippen molar-refractivity contribution in [2.24, 2.45) is 5.92 Å². The predicted octanol–water partition coefficient (Wildman–Crippen LogP) is 5.58. The topological polar surface area (TPSA) is 69.4 Å². The van der Waals surface area contributed by atoms with Crippen LogP contribution in [0.25, 0.3) is 16.0 Å². The van der Waals surface area contributed by atoms with Gasteiger partial charge in [0.1, 0.15) is 10.4 Å². The molecule has 1 amide bonds. The SMILES string of the molecule is COc1ccccc1-n1c(SCC(=O)N2CCC(C)CC2)nc2c(sc(=S)n2CCc2ccccc2)c1=O. The second-order valence-corrected chi connectivity index (χ2v) is 12.1. The Bertz CT molecular complexity index is 1550. The standard InChI is InChI=1S/C28H30N4O3S3/c1-19-12-15-30(16-13-19)23(33)18-37-27-29-25-24(26(34)32(27)21-10-6-7-11-22(21)35-2)38-28(36)31(25)17-14-20-8-4-3-5-9-20/h3-11,19H,12-18H2,1-2H3. The predicted molar refractivity (Wildman–Crippen MR) is 156 cm³/mol. The van der Waals surface area contributed by atoms with Crippen molar-refractivity contribution in [1.82, 2.24) is 19.0 Å². The highest BCUT2D eigenvalue weighted by molar-refractivity contribution is 7.99. The molecule has 38 heavy (non-hydrogen) atoms. The van der Waals surface area contributed by atoms with Gasteiger partial charge in [-0.2, -0.15) is 0 Å². The zero-order valence-corrected chi connectivity index (χ0v) is 23.9. The lowest BCUT2D eigenvalue weighted by atomic mass is 9.99. The number of thioether (sulfide) groups is 1. The average Bonchev–Trinajstić information content (AvgIpc) is 3.26. The molecule has 5 rings (SSSR count). The molecular formula is C28H30N4O3S3. The van der Waals surface area contributed by atoms with Crippen molar-refractivity contribution in [3.05, 3.63) is 74.5 Å². The van der Waals surface area contributed by atoms with Gasteiger partial charge in [0.25, 0.3) is 5.56 Å². The Morgan fingerprint density at radius 2 is 1.84 bits per heavy atom. The summed E-state index contributed by atoms with van der Waals surface area (Å²) in [5, 5.41) is 0.451. The van der Waals surface area contributed by atoms with Gasteiger partial charge in [-0.3, -0.25) is 14.2 Å². The molecule has 0 unspecified atom stereocenters. The number of benzene rings is 2. The number of hydrogen-bond donors (Lipinski definition) is 0. The van der Waals surface area contributed by atoms with E-state index in [4.69, 9.17) is 21.9 Å². The van der Waals surface area contributed by atoms with E-state index in [2.05, 4.69) is 19.1 Å². The number of aryl methyl sites for hydroxylation is 2. The number of methoxy groups -OCH3 is 1. The summed E-state index contributed by atoms with van der Waals surface area (Å²) in [7, 11) is 1.58. The van der Waals surface area contributed by atoms with E-state index < -0.39 is 0 Å². The number of rotatable bonds is 8. The molecule has 198 valence electrons. The molecule has 3 heterocycles. The van der Waals surface area contributed by atoms with Gasteiger partial charge in [0.05, 0.1) is 18.6 Å². The smallest absolute Gasteiger partial charge is 0.278 e. The number of piperidine rings is 1. The lowest BCUT2D eigenvalue weighted by molar-refractivity contribution is -0.129. The van der Waals surface area contributed by atoms with Crippen molar-refractivity contribution in [2.45, 2.75) is 37.9 Å². The van der Waals surface area contributed by atoms with E-state index in [9.17, 15) is 9.59 Å². The number of carbonyl (C=O) groups excluding carboxylic acids is 1. The van der Waals surface area contributed by atoms with Gasteiger partial charge in [-0.25, -0.2) is 4.98 Å². The third-order valence-corrected chi connectivity index (χ3v) is 9.26. The van der Waals surface area contributed by atoms with Gasteiger partial charge >= 0.3 is 0 Å². The van der Waals surface area contributed by atoms with Gasteiger partial charge in [0, 0.05) is 19.6 Å². The highest BCUT2D eigenvalue weighted by Gasteiger charge is 2.24. The van der Waals surface area contributed by atoms with E-state index in [1.165, 1.54) is 28.7 Å². The Morgan fingerprint density at radius 3 is 2.58 bits per heavy atom. The van der Waals surface area contributed by atoms with Crippen molar-refractivity contribution in [3.8, 4) is 11.4 Å². The highest BCUT2D eigenvalue weighted by atomic mass is 32.2. The quantitative estimate of drug-likeness (QED) is 0.158. The third kappa shape index (κ3) is 5.57. The zero-order chi connectivity index (χ0) is 26.6. The molecule has 0 atom stereocenters. The van der Waals surface area contributed by atoms with Crippen molar-refractivity contribution in [3.63, 3.8) is 0 Å². The number of carbonyl (C=O) groups is 1. The molecular weight excluding hydrogens is 537 g/mol. The highest BCUT2D eigenvalue weighted by Crippen LogP contribution is 2.29. The number of likely N-dealkylation sites (tertiary alicyclic amines) is 1. The summed E-state index contributed by atoms with van der Waals surface area (Å²) in [5.74, 6) is 1.47. The minimum atomic E-state index is -0.212. The first-order valence-corrected chi connectivity index (χ1v) is 14.9. The van der Waals surface area contributed by atoms with Gasteiger partial charge in [-0.15, -0.1) is 0 Å². The Morgan fingerprint density at radius 1 is 1.13 bits per heavy atom. The lowest BCUT2D eigenvalue weighted by Gasteiger charge is -2.30. The molecule has 1 fully saturated rings. The first kappa shape index (κ1) is 26.6. The summed E-state index contributed by atoms with van der Waals surface area (Å²) >= 11 is 8.24. The fourth-order valence-electron chi connectivity index (χ4n) is 4.66. The monoisotopic (exact) mass is 566 g/mol. The Balaban J connectivity index is 1.55. The fraction of sp³-hybridized carbons (Fsp3) is 0.357. The Hall–Kier alpha value is -2.95. The van der Waals surface area contributed by atoms with Crippen LogP contribution in [0.15, 0.2) is 64.5 Å². The molecule has 1 aliphatic rings. The van der Waals surface area contributed by atoms with Crippen LogP contribution in [-0.2, 0) is 17.8 Å². The molecule has 7 nitrogen and oxygen atoms in total. The van der Waals surface area contributed by atoms with E-state index in [1.54, 1.807) is 11.7 Å². The summed E-state index contributed by atoms with van der Waals surface area (Å²) in [6.45, 7) is 4.39. The first-order valence-electron chi connectivity index (χ1n) is 12.7. The second-order valence-electron chi connectivity index (χ2n) is 9.47. The van der Waals surface area contributed by atoms with Crippen LogP contribution in [0.5, 0.6) is 5.75 Å². The largest absolute Gasteiger partial charge is 0.495 e. The molecule has 1 aliphatic heterocycles. The summed E-state index contributed by atoms with van der Waals surface area (Å²) in [4.78, 5) is 33.9. The van der Waals surface area contributed by atoms with Gasteiger partial charge in [0.15, 0.2) is 14.8 Å². The molecule has 0 radical (unpaired) electrons. The lowest BCUT2D eigenvalue weighted by Crippen LogP contribution is -2.39. The molecule has 4 aromatic rings. The molecule has 1 saturated heterocycles. The average molecular weight is 567 g/mol. The van der Waals surface area contributed by atoms with Crippen molar-refractivity contribution >= 4 is 51.6 Å².